The van der Waals surface area contributed by atoms with Crippen molar-refractivity contribution in [1.82, 2.24) is 9.88 Å². The maximum absolute atomic E-state index is 14.2. The molecule has 0 saturated carbocycles. The van der Waals surface area contributed by atoms with Gasteiger partial charge >= 0.3 is 6.09 Å². The van der Waals surface area contributed by atoms with Crippen LogP contribution in [-0.2, 0) is 16.7 Å². The summed E-state index contributed by atoms with van der Waals surface area (Å²) in [7, 11) is 0. The number of hydrogen-bond donors (Lipinski definition) is 1. The van der Waals surface area contributed by atoms with E-state index in [0.29, 0.717) is 17.5 Å². The molecular formula is C35H32N2O3. The fraction of sp³-hybridized carbons (Fsp3) is 0.200. The first-order valence-corrected chi connectivity index (χ1v) is 13.6. The van der Waals surface area contributed by atoms with Gasteiger partial charge in [0, 0.05) is 17.1 Å². The van der Waals surface area contributed by atoms with Crippen LogP contribution < -0.4 is 5.32 Å². The van der Waals surface area contributed by atoms with Crippen LogP contribution in [0, 0.1) is 0 Å². The summed E-state index contributed by atoms with van der Waals surface area (Å²) in [6.07, 6.45) is 1.82. The van der Waals surface area contributed by atoms with Crippen LogP contribution in [0.25, 0.3) is 10.9 Å². The smallest absolute Gasteiger partial charge is 0.419 e. The Morgan fingerprint density at radius 3 is 1.80 bits per heavy atom. The Morgan fingerprint density at radius 1 is 0.775 bits per heavy atom. The zero-order valence-corrected chi connectivity index (χ0v) is 22.9. The highest BCUT2D eigenvalue weighted by Gasteiger charge is 2.42. The van der Waals surface area contributed by atoms with Gasteiger partial charge in [-0.1, -0.05) is 103 Å². The summed E-state index contributed by atoms with van der Waals surface area (Å²) in [6.45, 7) is 5.54. The van der Waals surface area contributed by atoms with Crippen molar-refractivity contribution >= 4 is 22.8 Å². The van der Waals surface area contributed by atoms with Crippen LogP contribution >= 0.6 is 0 Å². The molecule has 1 aromatic heterocycles. The highest BCUT2D eigenvalue weighted by molar-refractivity contribution is 6.14. The second-order valence-electron chi connectivity index (χ2n) is 11.3. The minimum Gasteiger partial charge on any atom is -0.443 e. The molecule has 1 aliphatic carbocycles. The standard InChI is InChI=1S/C35H32N2O3/c1-34(2,3)40-33(39)37-23-24-22-29(32(38)28-20-13-21-30(37)31(24)28)36-35(25-14-7-4-8-15-25,26-16-9-5-10-17-26)27-18-11-6-12-19-27/h4-21,23,29,36H,22H2,1-3H3/t29-/m1/s1. The van der Waals surface area contributed by atoms with Crippen molar-refractivity contribution in [3.63, 3.8) is 0 Å². The quantitative estimate of drug-likeness (QED) is 0.247. The molecule has 1 heterocycles. The number of Topliss-reactive ketones (excluding diaryl/α,β-unsaturated/α-hetero) is 1. The molecule has 1 N–H and O–H groups in total. The zero-order valence-electron chi connectivity index (χ0n) is 22.9. The summed E-state index contributed by atoms with van der Waals surface area (Å²) in [4.78, 5) is 27.3. The number of nitrogens with one attached hydrogen (secondary N) is 1. The lowest BCUT2D eigenvalue weighted by Gasteiger charge is -2.40. The molecule has 0 spiro atoms. The van der Waals surface area contributed by atoms with E-state index in [1.807, 2.05) is 99.8 Å². The largest absolute Gasteiger partial charge is 0.443 e. The summed E-state index contributed by atoms with van der Waals surface area (Å²) in [6, 6.07) is 35.8. The predicted octanol–water partition coefficient (Wildman–Crippen LogP) is 7.11. The number of rotatable bonds is 5. The van der Waals surface area contributed by atoms with E-state index >= 15 is 0 Å². The third kappa shape index (κ3) is 4.42. The molecule has 1 atom stereocenters. The van der Waals surface area contributed by atoms with Crippen molar-refractivity contribution < 1.29 is 14.3 Å². The number of ether oxygens (including phenoxy) is 1. The molecule has 0 amide bonds. The molecule has 40 heavy (non-hydrogen) atoms. The molecule has 0 fully saturated rings. The Morgan fingerprint density at radius 2 is 1.30 bits per heavy atom. The monoisotopic (exact) mass is 528 g/mol. The Bertz CT molecular complexity index is 1590. The van der Waals surface area contributed by atoms with Gasteiger partial charge in [-0.15, -0.1) is 0 Å². The Kier molecular flexibility index (Phi) is 6.40. The van der Waals surface area contributed by atoms with Crippen LogP contribution in [0.1, 0.15) is 53.4 Å². The van der Waals surface area contributed by atoms with Crippen molar-refractivity contribution in [3.05, 3.63) is 143 Å². The van der Waals surface area contributed by atoms with Gasteiger partial charge in [0.2, 0.25) is 0 Å². The van der Waals surface area contributed by atoms with Crippen LogP contribution in [0.4, 0.5) is 4.79 Å². The molecule has 5 nitrogen and oxygen atoms in total. The van der Waals surface area contributed by atoms with Crippen molar-refractivity contribution in [2.24, 2.45) is 0 Å². The van der Waals surface area contributed by atoms with E-state index in [4.69, 9.17) is 4.74 Å². The number of carbonyl (C=O) groups excluding carboxylic acids is 2. The second-order valence-corrected chi connectivity index (χ2v) is 11.3. The summed E-state index contributed by atoms with van der Waals surface area (Å²) in [5.41, 5.74) is 3.93. The van der Waals surface area contributed by atoms with Crippen LogP contribution in [-0.4, -0.2) is 28.1 Å². The van der Waals surface area contributed by atoms with Crippen LogP contribution in [0.15, 0.2) is 115 Å². The topological polar surface area (TPSA) is 60.3 Å². The number of carbonyl (C=O) groups is 2. The molecule has 5 aromatic rings. The van der Waals surface area contributed by atoms with Gasteiger partial charge < -0.3 is 4.74 Å². The summed E-state index contributed by atoms with van der Waals surface area (Å²) >= 11 is 0. The van der Waals surface area contributed by atoms with E-state index < -0.39 is 23.3 Å². The first kappa shape index (κ1) is 25.8. The lowest BCUT2D eigenvalue weighted by Crippen LogP contribution is -2.54. The average Bonchev–Trinajstić information content (AvgIpc) is 3.34. The number of nitrogens with zero attached hydrogens (tertiary/aromatic N) is 1. The van der Waals surface area contributed by atoms with E-state index in [2.05, 4.69) is 41.7 Å². The molecule has 0 bridgehead atoms. The third-order valence-corrected chi connectivity index (χ3v) is 7.52. The van der Waals surface area contributed by atoms with Crippen LogP contribution in [0.5, 0.6) is 0 Å². The van der Waals surface area contributed by atoms with Gasteiger partial charge in [0.05, 0.1) is 17.1 Å². The third-order valence-electron chi connectivity index (χ3n) is 7.52. The maximum atomic E-state index is 14.2. The van der Waals surface area contributed by atoms with Gasteiger partial charge in [-0.3, -0.25) is 14.7 Å². The fourth-order valence-electron chi connectivity index (χ4n) is 5.88. The summed E-state index contributed by atoms with van der Waals surface area (Å²) in [5.74, 6) is 0.00667. The Labute approximate surface area is 234 Å². The molecule has 0 unspecified atom stereocenters. The highest BCUT2D eigenvalue weighted by Crippen LogP contribution is 2.39. The summed E-state index contributed by atoms with van der Waals surface area (Å²) < 4.78 is 7.22. The predicted molar refractivity (Wildman–Crippen MR) is 158 cm³/mol. The molecule has 5 heteroatoms. The zero-order chi connectivity index (χ0) is 27.9. The van der Waals surface area contributed by atoms with Crippen LogP contribution in [0.2, 0.25) is 0 Å². The highest BCUT2D eigenvalue weighted by atomic mass is 16.6. The van der Waals surface area contributed by atoms with Crippen molar-refractivity contribution in [3.8, 4) is 0 Å². The van der Waals surface area contributed by atoms with Gasteiger partial charge in [-0.05, 0) is 55.5 Å². The maximum Gasteiger partial charge on any atom is 0.419 e. The molecular weight excluding hydrogens is 496 g/mol. The summed E-state index contributed by atoms with van der Waals surface area (Å²) in [5, 5.41) is 4.67. The van der Waals surface area contributed by atoms with Crippen molar-refractivity contribution in [2.45, 2.75) is 44.4 Å². The molecule has 0 aliphatic heterocycles. The van der Waals surface area contributed by atoms with E-state index in [1.165, 1.54) is 4.57 Å². The number of ketones is 1. The lowest BCUT2D eigenvalue weighted by molar-refractivity contribution is 0.0544. The molecule has 6 rings (SSSR count). The lowest BCUT2D eigenvalue weighted by atomic mass is 9.75. The van der Waals surface area contributed by atoms with Crippen molar-refractivity contribution in [1.29, 1.82) is 0 Å². The number of aromatic nitrogens is 1. The average molecular weight is 529 g/mol. The van der Waals surface area contributed by atoms with Gasteiger partial charge in [-0.25, -0.2) is 4.79 Å². The SMILES string of the molecule is CC(C)(C)OC(=O)n1cc2c3c(cccc31)C(=O)[C@H](NC(c1ccccc1)(c1ccccc1)c1ccccc1)C2. The minimum atomic E-state index is -0.788. The normalized spacial score (nSPS) is 15.3. The number of benzene rings is 4. The first-order valence-electron chi connectivity index (χ1n) is 13.6. The van der Waals surface area contributed by atoms with Crippen LogP contribution in [0.3, 0.4) is 0 Å². The van der Waals surface area contributed by atoms with Gasteiger partial charge in [0.15, 0.2) is 5.78 Å². The van der Waals surface area contributed by atoms with Gasteiger partial charge in [-0.2, -0.15) is 0 Å². The van der Waals surface area contributed by atoms with E-state index in [0.717, 1.165) is 27.6 Å². The van der Waals surface area contributed by atoms with Gasteiger partial charge in [0.25, 0.3) is 0 Å². The number of hydrogen-bond acceptors (Lipinski definition) is 4. The first-order chi connectivity index (χ1) is 19.3. The fourth-order valence-corrected chi connectivity index (χ4v) is 5.88. The molecule has 4 aromatic carbocycles. The Balaban J connectivity index is 1.49. The van der Waals surface area contributed by atoms with E-state index in [9.17, 15) is 9.59 Å². The minimum absolute atomic E-state index is 0.00667. The molecule has 200 valence electrons. The second kappa shape index (κ2) is 9.92. The molecule has 0 radical (unpaired) electrons. The molecule has 1 aliphatic rings. The van der Waals surface area contributed by atoms with E-state index in [-0.39, 0.29) is 5.78 Å². The Hall–Kier alpha value is -4.48. The van der Waals surface area contributed by atoms with E-state index in [1.54, 1.807) is 0 Å². The molecule has 0 saturated heterocycles. The van der Waals surface area contributed by atoms with Gasteiger partial charge in [0.1, 0.15) is 5.60 Å². The van der Waals surface area contributed by atoms with Crippen molar-refractivity contribution in [2.75, 3.05) is 0 Å².